The number of amides is 3. The van der Waals surface area contributed by atoms with Gasteiger partial charge in [-0.15, -0.1) is 0 Å². The van der Waals surface area contributed by atoms with Crippen molar-refractivity contribution in [2.45, 2.75) is 119 Å². The van der Waals surface area contributed by atoms with Gasteiger partial charge in [0.2, 0.25) is 11.8 Å². The summed E-state index contributed by atoms with van der Waals surface area (Å²) in [5, 5.41) is 23.1. The second-order valence-electron chi connectivity index (χ2n) is 19.6. The van der Waals surface area contributed by atoms with Gasteiger partial charge in [0, 0.05) is 63.0 Å². The molecule has 2 aliphatic carbocycles. The van der Waals surface area contributed by atoms with Crippen LogP contribution in [0.2, 0.25) is 0 Å². The van der Waals surface area contributed by atoms with E-state index in [9.17, 15) is 23.2 Å². The summed E-state index contributed by atoms with van der Waals surface area (Å²) in [6, 6.07) is 8.61. The molecule has 8 heterocycles. The zero-order chi connectivity index (χ0) is 47.2. The Morgan fingerprint density at radius 2 is 1.77 bits per heavy atom. The Kier molecular flexibility index (Phi) is 12.9. The highest BCUT2D eigenvalue weighted by molar-refractivity contribution is 6.08. The third kappa shape index (κ3) is 9.70. The van der Waals surface area contributed by atoms with Gasteiger partial charge in [0.05, 0.1) is 72.0 Å². The van der Waals surface area contributed by atoms with Gasteiger partial charge in [0.15, 0.2) is 11.3 Å². The average Bonchev–Trinajstić information content (AvgIpc) is 3.76. The first-order valence-corrected chi connectivity index (χ1v) is 24.5. The molecule has 364 valence electrons. The Labute approximate surface area is 396 Å². The van der Waals surface area contributed by atoms with Gasteiger partial charge in [-0.1, -0.05) is 24.0 Å². The number of fused-ring (bicyclic) bond motifs is 2. The van der Waals surface area contributed by atoms with Crippen LogP contribution in [0.5, 0.6) is 0 Å². The zero-order valence-electron chi connectivity index (χ0n) is 38.4. The number of nitrogens with one attached hydrogen (secondary N) is 3. The minimum Gasteiger partial charge on any atom is -0.378 e. The van der Waals surface area contributed by atoms with Gasteiger partial charge in [-0.2, -0.15) is 15.3 Å². The topological polar surface area (TPSA) is 178 Å². The van der Waals surface area contributed by atoms with E-state index in [-0.39, 0.29) is 54.7 Å². The van der Waals surface area contributed by atoms with Gasteiger partial charge < -0.3 is 25.0 Å². The molecule has 3 atom stereocenters. The molecule has 4 aliphatic heterocycles. The number of benzene rings is 1. The Balaban J connectivity index is 0.658. The van der Waals surface area contributed by atoms with Crippen LogP contribution >= 0.6 is 0 Å². The summed E-state index contributed by atoms with van der Waals surface area (Å²) in [7, 11) is 0. The molecule has 6 fully saturated rings. The minimum atomic E-state index is -2.90. The van der Waals surface area contributed by atoms with Crippen LogP contribution in [0.3, 0.4) is 0 Å². The van der Waals surface area contributed by atoms with Crippen molar-refractivity contribution in [2.24, 2.45) is 5.92 Å². The van der Waals surface area contributed by atoms with Crippen molar-refractivity contribution >= 4 is 45.8 Å². The van der Waals surface area contributed by atoms with Gasteiger partial charge in [-0.05, 0) is 82.3 Å². The first-order chi connectivity index (χ1) is 33.6. The number of hydrogen-bond donors (Lipinski definition) is 3. The molecule has 0 bridgehead atoms. The van der Waals surface area contributed by atoms with Crippen LogP contribution in [-0.4, -0.2) is 134 Å². The Morgan fingerprint density at radius 3 is 2.51 bits per heavy atom. The average molecular weight is 951 g/mol. The molecule has 1 aromatic carbocycles. The van der Waals surface area contributed by atoms with Crippen molar-refractivity contribution in [3.63, 3.8) is 0 Å². The normalized spacial score (nSPS) is 25.2. The van der Waals surface area contributed by atoms with E-state index in [0.29, 0.717) is 48.7 Å². The summed E-state index contributed by atoms with van der Waals surface area (Å²) in [6.45, 7) is 4.89. The van der Waals surface area contributed by atoms with E-state index < -0.39 is 36.2 Å². The van der Waals surface area contributed by atoms with Crippen molar-refractivity contribution in [1.82, 2.24) is 49.7 Å². The van der Waals surface area contributed by atoms with E-state index in [0.717, 1.165) is 106 Å². The molecule has 1 unspecified atom stereocenters. The fraction of sp³-hybridized carbons (Fsp3) is 0.571. The smallest absolute Gasteiger partial charge is 0.284 e. The summed E-state index contributed by atoms with van der Waals surface area (Å²) >= 11 is 0. The zero-order valence-corrected chi connectivity index (χ0v) is 38.4. The van der Waals surface area contributed by atoms with E-state index in [4.69, 9.17) is 19.6 Å². The van der Waals surface area contributed by atoms with Gasteiger partial charge in [0.1, 0.15) is 24.2 Å². The van der Waals surface area contributed by atoms with Crippen LogP contribution in [0, 0.1) is 17.8 Å². The number of carbonyl (C=O) groups is 3. The first kappa shape index (κ1) is 45.6. The third-order valence-corrected chi connectivity index (χ3v) is 14.8. The fourth-order valence-corrected chi connectivity index (χ4v) is 10.8. The predicted octanol–water partition coefficient (Wildman–Crippen LogP) is 5.49. The molecule has 5 aromatic rings. The minimum absolute atomic E-state index is 0.0388. The van der Waals surface area contributed by atoms with E-state index in [1.807, 2.05) is 28.9 Å². The lowest BCUT2D eigenvalue weighted by Crippen LogP contribution is -2.53. The largest absolute Gasteiger partial charge is 0.378 e. The summed E-state index contributed by atoms with van der Waals surface area (Å²) in [4.78, 5) is 47.4. The highest BCUT2D eigenvalue weighted by Gasteiger charge is 2.36. The summed E-state index contributed by atoms with van der Waals surface area (Å²) < 4.78 is 60.7. The van der Waals surface area contributed by atoms with Crippen molar-refractivity contribution in [2.75, 3.05) is 62.8 Å². The maximum Gasteiger partial charge on any atom is 0.284 e. The molecule has 6 aliphatic rings. The second kappa shape index (κ2) is 19.5. The van der Waals surface area contributed by atoms with Crippen molar-refractivity contribution < 1.29 is 37.0 Å². The predicted molar refractivity (Wildman–Crippen MR) is 248 cm³/mol. The number of para-hydroxylation sites is 1. The number of likely N-dealkylation sites (tertiary alicyclic amines) is 1. The molecule has 3 amide bonds. The van der Waals surface area contributed by atoms with Crippen molar-refractivity contribution in [3.8, 4) is 11.8 Å². The highest BCUT2D eigenvalue weighted by Crippen LogP contribution is 2.41. The molecule has 0 radical (unpaired) electrons. The summed E-state index contributed by atoms with van der Waals surface area (Å²) in [6.07, 6.45) is 8.28. The summed E-state index contributed by atoms with van der Waals surface area (Å²) in [5.41, 5.74) is 2.31. The first-order valence-electron chi connectivity index (χ1n) is 24.5. The van der Waals surface area contributed by atoms with Gasteiger partial charge in [-0.25, -0.2) is 22.7 Å². The SMILES string of the molecule is O=C1CCC(c2nn(C3CC3)c3c(C#CCO[C@H]4CCN(CC5CCC(n6cc(NC(=O)c7cnn8ccc(N9CCC(NC%10COC%10)CC9)nc78)c(C(F)F)n6)CC5)C[C@H]4F)cccc23)C(=O)N1. The lowest BCUT2D eigenvalue weighted by Gasteiger charge is -2.38. The summed E-state index contributed by atoms with van der Waals surface area (Å²) in [5.74, 6) is 5.71. The van der Waals surface area contributed by atoms with Crippen LogP contribution in [0.1, 0.15) is 122 Å². The maximum absolute atomic E-state index is 15.6. The van der Waals surface area contributed by atoms with Crippen LogP contribution in [0.25, 0.3) is 16.6 Å². The number of rotatable bonds is 13. The number of hydrogen-bond acceptors (Lipinski definition) is 12. The molecular weight excluding hydrogens is 894 g/mol. The molecule has 4 aromatic heterocycles. The van der Waals surface area contributed by atoms with E-state index in [2.05, 4.69) is 47.8 Å². The molecule has 17 nitrogen and oxygen atoms in total. The van der Waals surface area contributed by atoms with Crippen LogP contribution in [0.4, 0.5) is 24.7 Å². The Hall–Kier alpha value is -5.88. The number of imide groups is 1. The number of aromatic nitrogens is 7. The number of piperidine rings is 3. The second-order valence-corrected chi connectivity index (χ2v) is 19.6. The molecule has 2 saturated carbocycles. The quantitative estimate of drug-likeness (QED) is 0.100. The van der Waals surface area contributed by atoms with Gasteiger partial charge in [-0.3, -0.25) is 34.0 Å². The maximum atomic E-state index is 15.6. The fourth-order valence-electron chi connectivity index (χ4n) is 10.8. The lowest BCUT2D eigenvalue weighted by molar-refractivity contribution is -0.134. The molecule has 69 heavy (non-hydrogen) atoms. The number of alkyl halides is 3. The molecule has 0 spiro atoms. The Morgan fingerprint density at radius 1 is 0.957 bits per heavy atom. The third-order valence-electron chi connectivity index (χ3n) is 14.8. The lowest BCUT2D eigenvalue weighted by atomic mass is 9.85. The van der Waals surface area contributed by atoms with E-state index in [1.165, 1.54) is 16.9 Å². The molecule has 11 rings (SSSR count). The number of nitrogens with zero attached hydrogens (tertiary/aromatic N) is 9. The van der Waals surface area contributed by atoms with E-state index >= 15 is 4.39 Å². The molecule has 20 heteroatoms. The molecule has 4 saturated heterocycles. The standard InChI is InChI=1S/C49H57F3N12O5/c50-38-25-60(18-16-40(38)69-22-2-4-30-3-1-5-35-43(36-12-13-42(65)57-48(36)66)59-64(45(30)35)34-10-11-34)24-29-6-8-33(9-7-29)63-26-39(44(58-63)46(51)52)55-49(67)37-23-53-62-21-17-41(56-47(37)62)61-19-14-31(15-20-61)54-32-27-68-28-32/h1,3,5,17,21,23,26,29,31-34,36,38,40,46,54H,6-16,18-20,22,24-25,27-28H2,(H,55,67)(H,57,65,66)/t29?,33?,36?,38-,40+/m1/s1. The number of halogens is 3. The number of ether oxygens (including phenoxy) is 2. The number of anilines is 2. The Bertz CT molecular complexity index is 2780. The van der Waals surface area contributed by atoms with Crippen molar-refractivity contribution in [1.29, 1.82) is 0 Å². The van der Waals surface area contributed by atoms with Gasteiger partial charge >= 0.3 is 0 Å². The van der Waals surface area contributed by atoms with Gasteiger partial charge in [0.25, 0.3) is 12.3 Å². The molecular formula is C49H57F3N12O5. The molecule has 3 N–H and O–H groups in total. The number of carbonyl (C=O) groups excluding carboxylic acids is 3. The van der Waals surface area contributed by atoms with Crippen molar-refractivity contribution in [3.05, 3.63) is 65.4 Å². The van der Waals surface area contributed by atoms with Crippen LogP contribution < -0.4 is 20.9 Å². The monoisotopic (exact) mass is 950 g/mol. The van der Waals surface area contributed by atoms with Crippen LogP contribution in [-0.2, 0) is 19.1 Å². The highest BCUT2D eigenvalue weighted by atomic mass is 19.3. The van der Waals surface area contributed by atoms with Crippen LogP contribution in [0.15, 0.2) is 42.9 Å². The van der Waals surface area contributed by atoms with E-state index in [1.54, 1.807) is 10.9 Å².